The van der Waals surface area contributed by atoms with Crippen LogP contribution in [0.5, 0.6) is 0 Å². The maximum atomic E-state index is 5.58. The van der Waals surface area contributed by atoms with Gasteiger partial charge < -0.3 is 4.42 Å². The number of oxazole rings is 1. The monoisotopic (exact) mass is 187 g/mol. The van der Waals surface area contributed by atoms with Crippen molar-refractivity contribution in [2.45, 2.75) is 20.3 Å². The number of aryl methyl sites for hydroxylation is 2. The minimum Gasteiger partial charge on any atom is -0.441 e. The van der Waals surface area contributed by atoms with Gasteiger partial charge in [0.1, 0.15) is 5.76 Å². The van der Waals surface area contributed by atoms with Crippen LogP contribution in [0.15, 0.2) is 34.7 Å². The van der Waals surface area contributed by atoms with E-state index < -0.39 is 0 Å². The van der Waals surface area contributed by atoms with Crippen LogP contribution in [0.25, 0.3) is 11.5 Å². The number of nitrogens with zero attached hydrogens (tertiary/aromatic N) is 1. The first-order valence-electron chi connectivity index (χ1n) is 4.83. The molecule has 2 nitrogen and oxygen atoms in total. The van der Waals surface area contributed by atoms with E-state index in [2.05, 4.69) is 11.9 Å². The van der Waals surface area contributed by atoms with Crippen molar-refractivity contribution in [2.24, 2.45) is 0 Å². The molecule has 0 spiro atoms. The van der Waals surface area contributed by atoms with E-state index in [9.17, 15) is 0 Å². The first-order chi connectivity index (χ1) is 6.81. The highest BCUT2D eigenvalue weighted by Crippen LogP contribution is 2.21. The van der Waals surface area contributed by atoms with Gasteiger partial charge in [-0.25, -0.2) is 4.98 Å². The fourth-order valence-corrected chi connectivity index (χ4v) is 1.46. The Morgan fingerprint density at radius 2 is 1.93 bits per heavy atom. The van der Waals surface area contributed by atoms with E-state index in [4.69, 9.17) is 4.42 Å². The number of rotatable bonds is 2. The quantitative estimate of drug-likeness (QED) is 0.721. The fraction of sp³-hybridized carbons (Fsp3) is 0.250. The SMILES string of the molecule is CCc1nc(-c2ccccc2)oc1C. The molecule has 0 aliphatic heterocycles. The minimum absolute atomic E-state index is 0.722. The molecule has 0 bridgehead atoms. The van der Waals surface area contributed by atoms with Gasteiger partial charge in [0.2, 0.25) is 5.89 Å². The number of benzene rings is 1. The molecule has 1 aromatic heterocycles. The zero-order valence-corrected chi connectivity index (χ0v) is 8.45. The zero-order chi connectivity index (χ0) is 9.97. The highest BCUT2D eigenvalue weighted by Gasteiger charge is 2.08. The topological polar surface area (TPSA) is 26.0 Å². The summed E-state index contributed by atoms with van der Waals surface area (Å²) in [7, 11) is 0. The van der Waals surface area contributed by atoms with Gasteiger partial charge in [-0.2, -0.15) is 0 Å². The maximum absolute atomic E-state index is 5.58. The van der Waals surface area contributed by atoms with Gasteiger partial charge in [-0.1, -0.05) is 25.1 Å². The summed E-state index contributed by atoms with van der Waals surface area (Å²) in [5.41, 5.74) is 2.08. The summed E-state index contributed by atoms with van der Waals surface area (Å²) in [4.78, 5) is 4.43. The average Bonchev–Trinajstić information content (AvgIpc) is 2.61. The summed E-state index contributed by atoms with van der Waals surface area (Å²) >= 11 is 0. The van der Waals surface area contributed by atoms with Crippen molar-refractivity contribution >= 4 is 0 Å². The van der Waals surface area contributed by atoms with Crippen LogP contribution < -0.4 is 0 Å². The summed E-state index contributed by atoms with van der Waals surface area (Å²) in [6.07, 6.45) is 0.919. The molecule has 0 N–H and O–H groups in total. The molecule has 1 aromatic carbocycles. The van der Waals surface area contributed by atoms with Crippen LogP contribution in [0.3, 0.4) is 0 Å². The van der Waals surface area contributed by atoms with Gasteiger partial charge in [0.05, 0.1) is 5.69 Å². The minimum atomic E-state index is 0.722. The molecule has 2 heteroatoms. The molecular weight excluding hydrogens is 174 g/mol. The van der Waals surface area contributed by atoms with Gasteiger partial charge in [-0.15, -0.1) is 0 Å². The van der Waals surface area contributed by atoms with Crippen LogP contribution in [-0.4, -0.2) is 4.98 Å². The standard InChI is InChI=1S/C12H13NO/c1-3-11-9(2)14-12(13-11)10-7-5-4-6-8-10/h4-8H,3H2,1-2H3. The number of hydrogen-bond acceptors (Lipinski definition) is 2. The molecule has 0 aliphatic carbocycles. The molecule has 0 aliphatic rings. The van der Waals surface area contributed by atoms with Crippen LogP contribution in [0.2, 0.25) is 0 Å². The van der Waals surface area contributed by atoms with Crippen LogP contribution in [0.4, 0.5) is 0 Å². The highest BCUT2D eigenvalue weighted by molar-refractivity contribution is 5.53. The van der Waals surface area contributed by atoms with Gasteiger partial charge in [0.15, 0.2) is 0 Å². The second-order valence-electron chi connectivity index (χ2n) is 3.24. The maximum Gasteiger partial charge on any atom is 0.226 e. The second-order valence-corrected chi connectivity index (χ2v) is 3.24. The molecule has 0 radical (unpaired) electrons. The van der Waals surface area contributed by atoms with Crippen molar-refractivity contribution in [3.63, 3.8) is 0 Å². The van der Waals surface area contributed by atoms with Crippen molar-refractivity contribution in [2.75, 3.05) is 0 Å². The number of hydrogen-bond donors (Lipinski definition) is 0. The van der Waals surface area contributed by atoms with Crippen molar-refractivity contribution in [3.05, 3.63) is 41.8 Å². The molecule has 2 rings (SSSR count). The molecule has 0 saturated heterocycles. The van der Waals surface area contributed by atoms with E-state index >= 15 is 0 Å². The van der Waals surface area contributed by atoms with Crippen molar-refractivity contribution in [1.82, 2.24) is 4.98 Å². The Kier molecular flexibility index (Phi) is 2.35. The summed E-state index contributed by atoms with van der Waals surface area (Å²) in [6.45, 7) is 4.04. The van der Waals surface area contributed by atoms with Crippen molar-refractivity contribution in [1.29, 1.82) is 0 Å². The predicted octanol–water partition coefficient (Wildman–Crippen LogP) is 3.21. The fourth-order valence-electron chi connectivity index (χ4n) is 1.46. The van der Waals surface area contributed by atoms with E-state index in [0.717, 1.165) is 29.3 Å². The smallest absolute Gasteiger partial charge is 0.226 e. The molecular formula is C12H13NO. The summed E-state index contributed by atoms with van der Waals surface area (Å²) in [5.74, 6) is 1.64. The van der Waals surface area contributed by atoms with Crippen LogP contribution in [0.1, 0.15) is 18.4 Å². The van der Waals surface area contributed by atoms with Gasteiger partial charge in [-0.05, 0) is 25.5 Å². The third-order valence-electron chi connectivity index (χ3n) is 2.25. The lowest BCUT2D eigenvalue weighted by atomic mass is 10.2. The first kappa shape index (κ1) is 9.00. The normalized spacial score (nSPS) is 10.4. The van der Waals surface area contributed by atoms with E-state index in [1.165, 1.54) is 0 Å². The van der Waals surface area contributed by atoms with E-state index in [1.54, 1.807) is 0 Å². The van der Waals surface area contributed by atoms with Crippen molar-refractivity contribution < 1.29 is 4.42 Å². The summed E-state index contributed by atoms with van der Waals surface area (Å²) in [5, 5.41) is 0. The summed E-state index contributed by atoms with van der Waals surface area (Å²) < 4.78 is 5.58. The van der Waals surface area contributed by atoms with Crippen LogP contribution >= 0.6 is 0 Å². The predicted molar refractivity (Wildman–Crippen MR) is 56.1 cm³/mol. The van der Waals surface area contributed by atoms with Gasteiger partial charge in [0, 0.05) is 5.56 Å². The van der Waals surface area contributed by atoms with Gasteiger partial charge in [0.25, 0.3) is 0 Å². The lowest BCUT2D eigenvalue weighted by Gasteiger charge is -1.91. The van der Waals surface area contributed by atoms with Crippen molar-refractivity contribution in [3.8, 4) is 11.5 Å². The molecule has 0 amide bonds. The highest BCUT2D eigenvalue weighted by atomic mass is 16.4. The molecule has 0 atom stereocenters. The Morgan fingerprint density at radius 3 is 2.50 bits per heavy atom. The third kappa shape index (κ3) is 1.55. The Bertz CT molecular complexity index is 417. The zero-order valence-electron chi connectivity index (χ0n) is 8.45. The number of aromatic nitrogens is 1. The molecule has 14 heavy (non-hydrogen) atoms. The molecule has 0 unspecified atom stereocenters. The largest absolute Gasteiger partial charge is 0.441 e. The second kappa shape index (κ2) is 3.66. The Balaban J connectivity index is 2.43. The lowest BCUT2D eigenvalue weighted by molar-refractivity contribution is 0.539. The Labute approximate surface area is 83.6 Å². The average molecular weight is 187 g/mol. The van der Waals surface area contributed by atoms with E-state index in [-0.39, 0.29) is 0 Å². The first-order valence-corrected chi connectivity index (χ1v) is 4.83. The lowest BCUT2D eigenvalue weighted by Crippen LogP contribution is -1.82. The van der Waals surface area contributed by atoms with Crippen LogP contribution in [-0.2, 0) is 6.42 Å². The molecule has 0 fully saturated rings. The molecule has 1 heterocycles. The Hall–Kier alpha value is -1.57. The molecule has 2 aromatic rings. The third-order valence-corrected chi connectivity index (χ3v) is 2.25. The Morgan fingerprint density at radius 1 is 1.21 bits per heavy atom. The molecule has 0 saturated carbocycles. The van der Waals surface area contributed by atoms with Gasteiger partial charge >= 0.3 is 0 Å². The van der Waals surface area contributed by atoms with E-state index in [0.29, 0.717) is 0 Å². The molecule has 72 valence electrons. The summed E-state index contributed by atoms with van der Waals surface area (Å²) in [6, 6.07) is 9.97. The van der Waals surface area contributed by atoms with Crippen LogP contribution in [0, 0.1) is 6.92 Å². The van der Waals surface area contributed by atoms with E-state index in [1.807, 2.05) is 37.3 Å². The van der Waals surface area contributed by atoms with Gasteiger partial charge in [-0.3, -0.25) is 0 Å².